The molecule has 1 saturated heterocycles. The molecule has 2 heterocycles. The Hall–Kier alpha value is -1.91. The zero-order valence-corrected chi connectivity index (χ0v) is 19.6. The van der Waals surface area contributed by atoms with E-state index in [1.54, 1.807) is 20.8 Å². The molecule has 0 aromatic carbocycles. The molecule has 1 unspecified atom stereocenters. The summed E-state index contributed by atoms with van der Waals surface area (Å²) in [6.07, 6.45) is 0.739. The number of alkyl halides is 1. The molecule has 1 aliphatic heterocycles. The van der Waals surface area contributed by atoms with E-state index in [1.807, 2.05) is 0 Å². The van der Waals surface area contributed by atoms with E-state index in [1.165, 1.54) is 30.7 Å². The summed E-state index contributed by atoms with van der Waals surface area (Å²) >= 11 is 9.26. The van der Waals surface area contributed by atoms with E-state index < -0.39 is 51.4 Å². The first-order valence-corrected chi connectivity index (χ1v) is 10.4. The second kappa shape index (κ2) is 9.07. The number of hydrogen-bond acceptors (Lipinski definition) is 7. The van der Waals surface area contributed by atoms with Gasteiger partial charge in [-0.05, 0) is 33.8 Å². The van der Waals surface area contributed by atoms with Crippen molar-refractivity contribution in [2.45, 2.75) is 57.4 Å². The molecule has 4 atom stereocenters. The Morgan fingerprint density at radius 1 is 1.40 bits per heavy atom. The number of hydrogen-bond donors (Lipinski definition) is 1. The average Bonchev–Trinajstić information content (AvgIpc) is 2.88. The Morgan fingerprint density at radius 3 is 2.57 bits per heavy atom. The van der Waals surface area contributed by atoms with Gasteiger partial charge in [-0.25, -0.2) is 4.79 Å². The first-order valence-electron chi connectivity index (χ1n) is 9.08. The van der Waals surface area contributed by atoms with Crippen LogP contribution in [0, 0.1) is 12.3 Å². The Morgan fingerprint density at radius 2 is 2.03 bits per heavy atom. The molecule has 11 heteroatoms. The normalized spacial score (nSPS) is 26.7. The van der Waals surface area contributed by atoms with E-state index >= 15 is 0 Å². The van der Waals surface area contributed by atoms with Gasteiger partial charge < -0.3 is 14.2 Å². The minimum Gasteiger partial charge on any atom is -0.462 e. The Bertz CT molecular complexity index is 965. The third kappa shape index (κ3) is 5.04. The van der Waals surface area contributed by atoms with Crippen LogP contribution in [-0.2, 0) is 23.8 Å². The second-order valence-electron chi connectivity index (χ2n) is 8.04. The molecule has 1 N–H and O–H groups in total. The molecule has 1 fully saturated rings. The van der Waals surface area contributed by atoms with Crippen molar-refractivity contribution in [1.82, 2.24) is 9.55 Å². The van der Waals surface area contributed by atoms with Gasteiger partial charge in [0.1, 0.15) is 11.4 Å². The van der Waals surface area contributed by atoms with Gasteiger partial charge in [0, 0.05) is 24.2 Å². The van der Waals surface area contributed by atoms with Crippen LogP contribution in [0.1, 0.15) is 39.5 Å². The van der Waals surface area contributed by atoms with Crippen LogP contribution < -0.4 is 11.2 Å². The summed E-state index contributed by atoms with van der Waals surface area (Å²) in [5.74, 6) is -1.10. The molecule has 9 nitrogen and oxygen atoms in total. The number of aromatic amines is 1. The van der Waals surface area contributed by atoms with Crippen molar-refractivity contribution in [2.24, 2.45) is 5.41 Å². The molecule has 166 valence electrons. The van der Waals surface area contributed by atoms with Crippen LogP contribution >= 0.6 is 27.5 Å². The second-order valence-corrected chi connectivity index (χ2v) is 9.34. The van der Waals surface area contributed by atoms with Crippen LogP contribution in [0.2, 0.25) is 0 Å². The highest BCUT2D eigenvalue weighted by molar-refractivity contribution is 9.09. The van der Waals surface area contributed by atoms with Crippen LogP contribution in [0.25, 0.3) is 0 Å². The molecule has 0 saturated carbocycles. The van der Waals surface area contributed by atoms with Crippen LogP contribution in [0.5, 0.6) is 0 Å². The van der Waals surface area contributed by atoms with Crippen LogP contribution in [0.15, 0.2) is 27.4 Å². The summed E-state index contributed by atoms with van der Waals surface area (Å²) in [4.78, 5) is 49.7. The molecule has 0 radical (unpaired) electrons. The zero-order chi connectivity index (χ0) is 22.9. The third-order valence-corrected chi connectivity index (χ3v) is 5.54. The Balaban J connectivity index is 2.52. The van der Waals surface area contributed by atoms with E-state index in [-0.39, 0.29) is 12.2 Å². The first kappa shape index (κ1) is 24.4. The Kier molecular flexibility index (Phi) is 7.36. The highest BCUT2D eigenvalue weighted by Gasteiger charge is 2.57. The van der Waals surface area contributed by atoms with Gasteiger partial charge in [-0.15, -0.1) is 0 Å². The van der Waals surface area contributed by atoms with Crippen molar-refractivity contribution in [1.29, 1.82) is 0 Å². The number of aryl methyl sites for hydroxylation is 1. The highest BCUT2D eigenvalue weighted by Crippen LogP contribution is 2.44. The van der Waals surface area contributed by atoms with Gasteiger partial charge in [-0.1, -0.05) is 27.5 Å². The first-order chi connectivity index (χ1) is 13.8. The summed E-state index contributed by atoms with van der Waals surface area (Å²) in [6, 6.07) is 0. The SMILES string of the molecule is CC(=O)OC1[C@H](Br)[C@H](n2cc(C)c(=O)[nH]c2=O)O[C@]1(/C=C\Cl)COC(=O)C(C)(C)C. The Labute approximate surface area is 186 Å². The molecule has 0 bridgehead atoms. The monoisotopic (exact) mass is 506 g/mol. The van der Waals surface area contributed by atoms with E-state index in [4.69, 9.17) is 25.8 Å². The summed E-state index contributed by atoms with van der Waals surface area (Å²) in [7, 11) is 0. The third-order valence-electron chi connectivity index (χ3n) is 4.48. The van der Waals surface area contributed by atoms with Crippen LogP contribution in [0.4, 0.5) is 0 Å². The van der Waals surface area contributed by atoms with Gasteiger partial charge >= 0.3 is 17.6 Å². The van der Waals surface area contributed by atoms with Crippen LogP contribution in [0.3, 0.4) is 0 Å². The van der Waals surface area contributed by atoms with Gasteiger partial charge in [-0.3, -0.25) is 23.9 Å². The van der Waals surface area contributed by atoms with E-state index in [0.717, 1.165) is 5.54 Å². The number of aromatic nitrogens is 2. The smallest absolute Gasteiger partial charge is 0.330 e. The molecular weight excluding hydrogens is 484 g/mol. The number of esters is 2. The molecule has 1 aromatic heterocycles. The number of ether oxygens (including phenoxy) is 3. The van der Waals surface area contributed by atoms with Crippen molar-refractivity contribution in [2.75, 3.05) is 6.61 Å². The fourth-order valence-electron chi connectivity index (χ4n) is 2.90. The van der Waals surface area contributed by atoms with Crippen molar-refractivity contribution in [3.8, 4) is 0 Å². The predicted octanol–water partition coefficient (Wildman–Crippen LogP) is 2.15. The number of nitrogens with one attached hydrogen (secondary N) is 1. The summed E-state index contributed by atoms with van der Waals surface area (Å²) < 4.78 is 18.2. The molecule has 2 rings (SSSR count). The van der Waals surface area contributed by atoms with Crippen molar-refractivity contribution in [3.63, 3.8) is 0 Å². The largest absolute Gasteiger partial charge is 0.462 e. The van der Waals surface area contributed by atoms with Crippen LogP contribution in [-0.4, -0.2) is 44.6 Å². The molecule has 0 amide bonds. The van der Waals surface area contributed by atoms with Gasteiger partial charge in [0.15, 0.2) is 17.9 Å². The lowest BCUT2D eigenvalue weighted by Gasteiger charge is -2.31. The van der Waals surface area contributed by atoms with Crippen molar-refractivity contribution >= 4 is 39.5 Å². The fraction of sp³-hybridized carbons (Fsp3) is 0.579. The highest BCUT2D eigenvalue weighted by atomic mass is 79.9. The zero-order valence-electron chi connectivity index (χ0n) is 17.2. The lowest BCUT2D eigenvalue weighted by atomic mass is 9.95. The standard InChI is InChI=1S/C19H24BrClN2O7/c1-10-8-23(17(27)22-14(10)25)15-12(20)13(29-11(2)24)19(30-15,6-7-21)9-28-16(26)18(3,4)5/h6-8,12-13,15H,9H2,1-5H3,(H,22,25,27)/b7-6-/t12-,13?,15+,19+/m0/s1. The van der Waals surface area contributed by atoms with E-state index in [9.17, 15) is 19.2 Å². The fourth-order valence-corrected chi connectivity index (χ4v) is 4.04. The maximum absolute atomic E-state index is 12.4. The number of nitrogens with zero attached hydrogens (tertiary/aromatic N) is 1. The van der Waals surface area contributed by atoms with Gasteiger partial charge in [0.05, 0.1) is 5.41 Å². The molecule has 1 aliphatic rings. The lowest BCUT2D eigenvalue weighted by molar-refractivity contribution is -0.172. The molecule has 0 aliphatic carbocycles. The predicted molar refractivity (Wildman–Crippen MR) is 113 cm³/mol. The average molecular weight is 508 g/mol. The maximum atomic E-state index is 12.4. The molecular formula is C19H24BrClN2O7. The van der Waals surface area contributed by atoms with Gasteiger partial charge in [-0.2, -0.15) is 0 Å². The lowest BCUT2D eigenvalue weighted by Crippen LogP contribution is -2.47. The number of carbonyl (C=O) groups is 2. The number of rotatable bonds is 5. The maximum Gasteiger partial charge on any atom is 0.330 e. The number of H-pyrrole nitrogens is 1. The molecule has 1 aromatic rings. The van der Waals surface area contributed by atoms with Crippen molar-refractivity contribution in [3.05, 3.63) is 44.2 Å². The van der Waals surface area contributed by atoms with Gasteiger partial charge in [0.25, 0.3) is 5.56 Å². The topological polar surface area (TPSA) is 117 Å². The summed E-state index contributed by atoms with van der Waals surface area (Å²) in [5.41, 5.74) is -2.05. The minimum atomic E-state index is -1.48. The number of carbonyl (C=O) groups excluding carboxylic acids is 2. The number of halogens is 2. The van der Waals surface area contributed by atoms with E-state index in [0.29, 0.717) is 0 Å². The quantitative estimate of drug-likeness (QED) is 0.479. The summed E-state index contributed by atoms with van der Waals surface area (Å²) in [5, 5.41) is 0. The van der Waals surface area contributed by atoms with Gasteiger partial charge in [0.2, 0.25) is 0 Å². The summed E-state index contributed by atoms with van der Waals surface area (Å²) in [6.45, 7) is 7.51. The van der Waals surface area contributed by atoms with Crippen molar-refractivity contribution < 1.29 is 23.8 Å². The molecule has 0 spiro atoms. The van der Waals surface area contributed by atoms with E-state index in [2.05, 4.69) is 20.9 Å². The minimum absolute atomic E-state index is 0.284. The molecule has 30 heavy (non-hydrogen) atoms.